The number of hydrogen-bond donors (Lipinski definition) is 2. The maximum atomic E-state index is 5.40. The van der Waals surface area contributed by atoms with Gasteiger partial charge in [-0.15, -0.1) is 0 Å². The average Bonchev–Trinajstić information content (AvgIpc) is 2.62. The van der Waals surface area contributed by atoms with E-state index in [2.05, 4.69) is 22.2 Å². The Hall–Kier alpha value is -0.770. The molecule has 4 heteroatoms. The van der Waals surface area contributed by atoms with Gasteiger partial charge in [-0.3, -0.25) is 10.4 Å². The van der Waals surface area contributed by atoms with Crippen molar-refractivity contribution in [2.24, 2.45) is 16.8 Å². The van der Waals surface area contributed by atoms with E-state index in [-0.39, 0.29) is 0 Å². The molecule has 0 aliphatic carbocycles. The summed E-state index contributed by atoms with van der Waals surface area (Å²) in [7, 11) is 0. The number of aliphatic imine (C=N–C) groups is 1. The van der Waals surface area contributed by atoms with Crippen LogP contribution in [-0.2, 0) is 0 Å². The molecule has 0 radical (unpaired) electrons. The van der Waals surface area contributed by atoms with Crippen molar-refractivity contribution in [3.05, 3.63) is 0 Å². The van der Waals surface area contributed by atoms with Gasteiger partial charge >= 0.3 is 0 Å². The van der Waals surface area contributed by atoms with Crippen molar-refractivity contribution in [2.45, 2.75) is 26.7 Å². The van der Waals surface area contributed by atoms with Crippen LogP contribution < -0.4 is 11.3 Å². The minimum Gasteiger partial charge on any atom is -0.342 e. The Morgan fingerprint density at radius 2 is 2.38 bits per heavy atom. The molecule has 0 aromatic rings. The fourth-order valence-corrected chi connectivity index (χ4v) is 1.74. The zero-order chi connectivity index (χ0) is 9.68. The first-order valence-corrected chi connectivity index (χ1v) is 5.07. The molecule has 1 atom stereocenters. The lowest BCUT2D eigenvalue weighted by Gasteiger charge is -2.19. The van der Waals surface area contributed by atoms with E-state index in [1.54, 1.807) is 0 Å². The lowest BCUT2D eigenvalue weighted by atomic mass is 10.1. The second-order valence-electron chi connectivity index (χ2n) is 3.45. The van der Waals surface area contributed by atoms with Gasteiger partial charge in [-0.1, -0.05) is 13.3 Å². The molecule has 0 spiro atoms. The van der Waals surface area contributed by atoms with E-state index < -0.39 is 0 Å². The number of guanidine groups is 1. The lowest BCUT2D eigenvalue weighted by molar-refractivity contribution is 0.456. The fraction of sp³-hybridized carbons (Fsp3) is 0.889. The molecule has 1 unspecified atom stereocenters. The van der Waals surface area contributed by atoms with Gasteiger partial charge < -0.3 is 4.90 Å². The van der Waals surface area contributed by atoms with Crippen LogP contribution in [0.1, 0.15) is 26.7 Å². The number of hydrogen-bond acceptors (Lipinski definition) is 2. The molecule has 1 fully saturated rings. The molecule has 3 N–H and O–H groups in total. The Morgan fingerprint density at radius 3 is 2.85 bits per heavy atom. The van der Waals surface area contributed by atoms with Gasteiger partial charge in [0.1, 0.15) is 0 Å². The molecule has 1 saturated heterocycles. The van der Waals surface area contributed by atoms with Crippen LogP contribution in [-0.4, -0.2) is 30.5 Å². The molecule has 1 rings (SSSR count). The van der Waals surface area contributed by atoms with Crippen LogP contribution in [0.2, 0.25) is 0 Å². The van der Waals surface area contributed by atoms with E-state index in [4.69, 9.17) is 5.84 Å². The number of likely N-dealkylation sites (tertiary alicyclic amines) is 1. The van der Waals surface area contributed by atoms with Crippen molar-refractivity contribution in [1.82, 2.24) is 10.3 Å². The number of nitrogens with two attached hydrogens (primary N) is 1. The van der Waals surface area contributed by atoms with Crippen molar-refractivity contribution in [2.75, 3.05) is 19.6 Å². The molecule has 1 aliphatic heterocycles. The zero-order valence-electron chi connectivity index (χ0n) is 8.58. The third kappa shape index (κ3) is 2.59. The van der Waals surface area contributed by atoms with E-state index in [1.165, 1.54) is 12.8 Å². The molecule has 0 aromatic heterocycles. The average molecular weight is 184 g/mol. The molecule has 1 heterocycles. The Balaban J connectivity index is 2.48. The quantitative estimate of drug-likeness (QED) is 0.285. The second kappa shape index (κ2) is 5.07. The first kappa shape index (κ1) is 10.3. The molecule has 13 heavy (non-hydrogen) atoms. The predicted molar refractivity (Wildman–Crippen MR) is 55.3 cm³/mol. The minimum atomic E-state index is 0.785. The molecular formula is C9H20N4. The molecule has 76 valence electrons. The summed E-state index contributed by atoms with van der Waals surface area (Å²) in [4.78, 5) is 6.53. The van der Waals surface area contributed by atoms with Crippen molar-refractivity contribution in [3.63, 3.8) is 0 Å². The normalized spacial score (nSPS) is 23.8. The number of nitrogens with one attached hydrogen (secondary N) is 1. The lowest BCUT2D eigenvalue weighted by Crippen LogP contribution is -2.43. The smallest absolute Gasteiger partial charge is 0.208 e. The third-order valence-corrected chi connectivity index (χ3v) is 2.60. The molecule has 4 nitrogen and oxygen atoms in total. The predicted octanol–water partition coefficient (Wildman–Crippen LogP) is 0.558. The van der Waals surface area contributed by atoms with Crippen molar-refractivity contribution >= 4 is 5.96 Å². The number of rotatable bonds is 2. The van der Waals surface area contributed by atoms with Crippen LogP contribution in [0.15, 0.2) is 4.99 Å². The largest absolute Gasteiger partial charge is 0.342 e. The highest BCUT2D eigenvalue weighted by molar-refractivity contribution is 5.79. The van der Waals surface area contributed by atoms with Crippen molar-refractivity contribution in [3.8, 4) is 0 Å². The standard InChI is InChI=1S/C9H20N4/c1-3-8-5-6-13(7-8)9(12-10)11-4-2/h8H,3-7,10H2,1-2H3,(H,11,12). The summed E-state index contributed by atoms with van der Waals surface area (Å²) < 4.78 is 0. The summed E-state index contributed by atoms with van der Waals surface area (Å²) >= 11 is 0. The van der Waals surface area contributed by atoms with Gasteiger partial charge in [-0.25, -0.2) is 5.84 Å². The van der Waals surface area contributed by atoms with E-state index in [0.717, 1.165) is 31.5 Å². The van der Waals surface area contributed by atoms with E-state index >= 15 is 0 Å². The maximum Gasteiger partial charge on any atom is 0.208 e. The van der Waals surface area contributed by atoms with Crippen LogP contribution >= 0.6 is 0 Å². The Kier molecular flexibility index (Phi) is 4.02. The van der Waals surface area contributed by atoms with Crippen LogP contribution in [0, 0.1) is 5.92 Å². The SMILES string of the molecule is CCN=C(NN)N1CCC(CC)C1. The summed E-state index contributed by atoms with van der Waals surface area (Å²) in [5.41, 5.74) is 2.67. The van der Waals surface area contributed by atoms with E-state index in [9.17, 15) is 0 Å². The summed E-state index contributed by atoms with van der Waals surface area (Å²) in [6.45, 7) is 7.22. The van der Waals surface area contributed by atoms with Gasteiger partial charge in [0, 0.05) is 19.6 Å². The van der Waals surface area contributed by atoms with Gasteiger partial charge in [0.05, 0.1) is 0 Å². The highest BCUT2D eigenvalue weighted by Crippen LogP contribution is 2.18. The molecule has 0 amide bonds. The van der Waals surface area contributed by atoms with Gasteiger partial charge in [-0.05, 0) is 19.3 Å². The summed E-state index contributed by atoms with van der Waals surface area (Å²) in [5.74, 6) is 7.06. The molecule has 0 saturated carbocycles. The monoisotopic (exact) mass is 184 g/mol. The maximum absolute atomic E-state index is 5.40. The summed E-state index contributed by atoms with van der Waals surface area (Å²) in [5, 5.41) is 0. The van der Waals surface area contributed by atoms with Crippen LogP contribution in [0.4, 0.5) is 0 Å². The van der Waals surface area contributed by atoms with Crippen LogP contribution in [0.5, 0.6) is 0 Å². The van der Waals surface area contributed by atoms with Gasteiger partial charge in [-0.2, -0.15) is 0 Å². The topological polar surface area (TPSA) is 53.6 Å². The van der Waals surface area contributed by atoms with Gasteiger partial charge in [0.25, 0.3) is 0 Å². The Bertz CT molecular complexity index is 178. The number of nitrogens with zero attached hydrogens (tertiary/aromatic N) is 2. The Morgan fingerprint density at radius 1 is 1.62 bits per heavy atom. The third-order valence-electron chi connectivity index (χ3n) is 2.60. The fourth-order valence-electron chi connectivity index (χ4n) is 1.74. The van der Waals surface area contributed by atoms with Crippen molar-refractivity contribution < 1.29 is 0 Å². The highest BCUT2D eigenvalue weighted by atomic mass is 15.4. The minimum absolute atomic E-state index is 0.785. The number of hydrazine groups is 1. The van der Waals surface area contributed by atoms with Crippen molar-refractivity contribution in [1.29, 1.82) is 0 Å². The molecular weight excluding hydrogens is 164 g/mol. The second-order valence-corrected chi connectivity index (χ2v) is 3.45. The summed E-state index contributed by atoms with van der Waals surface area (Å²) in [6, 6.07) is 0. The van der Waals surface area contributed by atoms with Crippen LogP contribution in [0.25, 0.3) is 0 Å². The van der Waals surface area contributed by atoms with Crippen LogP contribution in [0.3, 0.4) is 0 Å². The first-order valence-electron chi connectivity index (χ1n) is 5.07. The highest BCUT2D eigenvalue weighted by Gasteiger charge is 2.22. The zero-order valence-corrected chi connectivity index (χ0v) is 8.58. The Labute approximate surface area is 80.2 Å². The van der Waals surface area contributed by atoms with Gasteiger partial charge in [0.15, 0.2) is 0 Å². The first-order chi connectivity index (χ1) is 6.31. The van der Waals surface area contributed by atoms with E-state index in [1.807, 2.05) is 6.92 Å². The molecule has 0 bridgehead atoms. The van der Waals surface area contributed by atoms with E-state index in [0.29, 0.717) is 0 Å². The summed E-state index contributed by atoms with van der Waals surface area (Å²) in [6.07, 6.45) is 2.52. The molecule has 0 aromatic carbocycles. The molecule has 1 aliphatic rings. The van der Waals surface area contributed by atoms with Gasteiger partial charge in [0.2, 0.25) is 5.96 Å².